The topological polar surface area (TPSA) is 63.0 Å². The first kappa shape index (κ1) is 10.4. The number of hydrogen-bond acceptors (Lipinski definition) is 4. The van der Waals surface area contributed by atoms with Crippen molar-refractivity contribution in [3.63, 3.8) is 0 Å². The van der Waals surface area contributed by atoms with Crippen LogP contribution in [0.5, 0.6) is 5.75 Å². The van der Waals surface area contributed by atoms with Gasteiger partial charge in [-0.25, -0.2) is 4.39 Å². The Balaban J connectivity index is 2.02. The van der Waals surface area contributed by atoms with Crippen LogP contribution in [0.1, 0.15) is 5.69 Å². The molecule has 0 spiro atoms. The van der Waals surface area contributed by atoms with Gasteiger partial charge in [0.1, 0.15) is 5.69 Å². The number of phenols is 1. The minimum atomic E-state index is -0.649. The summed E-state index contributed by atoms with van der Waals surface area (Å²) in [6.45, 7) is 0.456. The maximum absolute atomic E-state index is 13.0. The number of anilines is 1. The predicted octanol–water partition coefficient (Wildman–Crippen LogP) is 1.27. The van der Waals surface area contributed by atoms with Gasteiger partial charge in [0.25, 0.3) is 0 Å². The SMILES string of the molecule is Cn1cc(CNc2ccc(O)c(F)c2)nn1. The van der Waals surface area contributed by atoms with Gasteiger partial charge >= 0.3 is 0 Å². The number of phenolic OH excluding ortho intramolecular Hbond substituents is 1. The molecule has 0 aliphatic rings. The van der Waals surface area contributed by atoms with Crippen molar-refractivity contribution in [3.05, 3.63) is 35.9 Å². The largest absolute Gasteiger partial charge is 0.505 e. The van der Waals surface area contributed by atoms with Crippen LogP contribution in [0.25, 0.3) is 0 Å². The molecule has 0 saturated heterocycles. The van der Waals surface area contributed by atoms with Crippen molar-refractivity contribution in [2.45, 2.75) is 6.54 Å². The molecular weight excluding hydrogens is 211 g/mol. The van der Waals surface area contributed by atoms with E-state index in [1.54, 1.807) is 24.0 Å². The van der Waals surface area contributed by atoms with E-state index in [1.807, 2.05) is 0 Å². The molecule has 0 bridgehead atoms. The number of hydrogen-bond donors (Lipinski definition) is 2. The molecule has 1 aromatic carbocycles. The molecule has 0 aliphatic heterocycles. The number of aromatic hydroxyl groups is 1. The lowest BCUT2D eigenvalue weighted by Gasteiger charge is -2.04. The smallest absolute Gasteiger partial charge is 0.166 e. The number of nitrogens with zero attached hydrogens (tertiary/aromatic N) is 3. The first-order valence-electron chi connectivity index (χ1n) is 4.73. The van der Waals surface area contributed by atoms with E-state index in [0.29, 0.717) is 12.2 Å². The van der Waals surface area contributed by atoms with E-state index in [1.165, 1.54) is 12.1 Å². The van der Waals surface area contributed by atoms with Gasteiger partial charge in [-0.1, -0.05) is 5.21 Å². The normalized spacial score (nSPS) is 10.4. The van der Waals surface area contributed by atoms with Gasteiger partial charge in [-0.05, 0) is 12.1 Å². The van der Waals surface area contributed by atoms with E-state index in [9.17, 15) is 4.39 Å². The zero-order chi connectivity index (χ0) is 11.5. The van der Waals surface area contributed by atoms with Crippen molar-refractivity contribution in [3.8, 4) is 5.75 Å². The molecule has 0 saturated carbocycles. The Morgan fingerprint density at radius 1 is 1.50 bits per heavy atom. The fourth-order valence-electron chi connectivity index (χ4n) is 1.29. The fourth-order valence-corrected chi connectivity index (χ4v) is 1.29. The second-order valence-corrected chi connectivity index (χ2v) is 3.40. The Bertz CT molecular complexity index is 497. The Morgan fingerprint density at radius 3 is 2.94 bits per heavy atom. The first-order valence-corrected chi connectivity index (χ1v) is 4.73. The number of aryl methyl sites for hydroxylation is 1. The Kier molecular flexibility index (Phi) is 2.72. The summed E-state index contributed by atoms with van der Waals surface area (Å²) in [6, 6.07) is 4.12. The summed E-state index contributed by atoms with van der Waals surface area (Å²) in [4.78, 5) is 0. The first-order chi connectivity index (χ1) is 7.65. The molecule has 6 heteroatoms. The van der Waals surface area contributed by atoms with Crippen LogP contribution >= 0.6 is 0 Å². The van der Waals surface area contributed by atoms with Crippen LogP contribution in [0.4, 0.5) is 10.1 Å². The molecule has 0 amide bonds. The lowest BCUT2D eigenvalue weighted by molar-refractivity contribution is 0.432. The van der Waals surface area contributed by atoms with Crippen LogP contribution in [0.15, 0.2) is 24.4 Å². The Morgan fingerprint density at radius 2 is 2.31 bits per heavy atom. The van der Waals surface area contributed by atoms with Crippen LogP contribution in [0.2, 0.25) is 0 Å². The third kappa shape index (κ3) is 2.28. The molecule has 2 aromatic rings. The number of aromatic nitrogens is 3. The molecule has 0 atom stereocenters. The highest BCUT2D eigenvalue weighted by molar-refractivity contribution is 5.46. The summed E-state index contributed by atoms with van der Waals surface area (Å²) in [5.41, 5.74) is 1.34. The van der Waals surface area contributed by atoms with Crippen molar-refractivity contribution >= 4 is 5.69 Å². The van der Waals surface area contributed by atoms with Gasteiger partial charge in [0, 0.05) is 25.0 Å². The quantitative estimate of drug-likeness (QED) is 0.768. The van der Waals surface area contributed by atoms with E-state index < -0.39 is 5.82 Å². The minimum Gasteiger partial charge on any atom is -0.505 e. The molecular formula is C10H11FN4O. The second-order valence-electron chi connectivity index (χ2n) is 3.40. The van der Waals surface area contributed by atoms with E-state index >= 15 is 0 Å². The van der Waals surface area contributed by atoms with Crippen molar-refractivity contribution in [2.75, 3.05) is 5.32 Å². The average Bonchev–Trinajstić information content (AvgIpc) is 2.66. The van der Waals surface area contributed by atoms with Gasteiger partial charge in [-0.15, -0.1) is 5.10 Å². The van der Waals surface area contributed by atoms with Gasteiger partial charge in [0.15, 0.2) is 11.6 Å². The lowest BCUT2D eigenvalue weighted by Crippen LogP contribution is -2.00. The van der Waals surface area contributed by atoms with Crippen LogP contribution in [0, 0.1) is 5.82 Å². The number of rotatable bonds is 3. The average molecular weight is 222 g/mol. The molecule has 5 nitrogen and oxygen atoms in total. The summed E-state index contributed by atoms with van der Waals surface area (Å²) < 4.78 is 14.6. The number of benzene rings is 1. The van der Waals surface area contributed by atoms with E-state index in [2.05, 4.69) is 15.6 Å². The van der Waals surface area contributed by atoms with Crippen LogP contribution in [0.3, 0.4) is 0 Å². The molecule has 0 aliphatic carbocycles. The Hall–Kier alpha value is -2.11. The van der Waals surface area contributed by atoms with Gasteiger partial charge in [-0.2, -0.15) is 0 Å². The molecule has 0 fully saturated rings. The second kappa shape index (κ2) is 4.18. The number of nitrogens with one attached hydrogen (secondary N) is 1. The van der Waals surface area contributed by atoms with Gasteiger partial charge in [-0.3, -0.25) is 4.68 Å². The standard InChI is InChI=1S/C10H11FN4O/c1-15-6-8(13-14-15)5-12-7-2-3-10(16)9(11)4-7/h2-4,6,12,16H,5H2,1H3. The number of halogens is 1. The van der Waals surface area contributed by atoms with E-state index in [0.717, 1.165) is 5.69 Å². The molecule has 1 aromatic heterocycles. The van der Waals surface area contributed by atoms with Crippen LogP contribution in [-0.2, 0) is 13.6 Å². The Labute approximate surface area is 91.5 Å². The summed E-state index contributed by atoms with van der Waals surface area (Å²) in [6.07, 6.45) is 1.77. The van der Waals surface area contributed by atoms with Crippen molar-refractivity contribution in [1.82, 2.24) is 15.0 Å². The lowest BCUT2D eigenvalue weighted by atomic mass is 10.3. The van der Waals surface area contributed by atoms with E-state index in [4.69, 9.17) is 5.11 Å². The zero-order valence-corrected chi connectivity index (χ0v) is 8.68. The van der Waals surface area contributed by atoms with Crippen molar-refractivity contribution in [1.29, 1.82) is 0 Å². The molecule has 2 N–H and O–H groups in total. The zero-order valence-electron chi connectivity index (χ0n) is 8.68. The monoisotopic (exact) mass is 222 g/mol. The van der Waals surface area contributed by atoms with Crippen LogP contribution < -0.4 is 5.32 Å². The van der Waals surface area contributed by atoms with E-state index in [-0.39, 0.29) is 5.75 Å². The molecule has 16 heavy (non-hydrogen) atoms. The maximum Gasteiger partial charge on any atom is 0.166 e. The molecule has 2 rings (SSSR count). The highest BCUT2D eigenvalue weighted by Gasteiger charge is 2.02. The van der Waals surface area contributed by atoms with Crippen molar-refractivity contribution in [2.24, 2.45) is 7.05 Å². The molecule has 84 valence electrons. The van der Waals surface area contributed by atoms with Gasteiger partial charge < -0.3 is 10.4 Å². The summed E-state index contributed by atoms with van der Waals surface area (Å²) in [5.74, 6) is -1.01. The highest BCUT2D eigenvalue weighted by Crippen LogP contribution is 2.19. The highest BCUT2D eigenvalue weighted by atomic mass is 19.1. The predicted molar refractivity (Wildman–Crippen MR) is 56.4 cm³/mol. The molecule has 0 unspecified atom stereocenters. The third-order valence-corrected chi connectivity index (χ3v) is 2.07. The summed E-state index contributed by atoms with van der Waals surface area (Å²) in [5, 5.41) is 19.6. The van der Waals surface area contributed by atoms with Crippen LogP contribution in [-0.4, -0.2) is 20.1 Å². The van der Waals surface area contributed by atoms with Gasteiger partial charge in [0.05, 0.1) is 6.54 Å². The maximum atomic E-state index is 13.0. The minimum absolute atomic E-state index is 0.356. The van der Waals surface area contributed by atoms with Gasteiger partial charge in [0.2, 0.25) is 0 Å². The summed E-state index contributed by atoms with van der Waals surface area (Å²) >= 11 is 0. The fraction of sp³-hybridized carbons (Fsp3) is 0.200. The molecule has 0 radical (unpaired) electrons. The van der Waals surface area contributed by atoms with Crippen molar-refractivity contribution < 1.29 is 9.50 Å². The third-order valence-electron chi connectivity index (χ3n) is 2.07. The summed E-state index contributed by atoms with van der Waals surface area (Å²) in [7, 11) is 1.77. The molecule has 1 heterocycles.